The highest BCUT2D eigenvalue weighted by molar-refractivity contribution is 5.87. The Kier molecular flexibility index (Phi) is 6.89. The predicted molar refractivity (Wildman–Crippen MR) is 96.2 cm³/mol. The fourth-order valence-electron chi connectivity index (χ4n) is 2.11. The highest BCUT2D eigenvalue weighted by Crippen LogP contribution is 2.25. The Morgan fingerprint density at radius 3 is 2.36 bits per heavy atom. The fourth-order valence-corrected chi connectivity index (χ4v) is 2.11. The van der Waals surface area contributed by atoms with Gasteiger partial charge in [-0.1, -0.05) is 17.7 Å². The topological polar surface area (TPSA) is 54.0 Å². The average molecular weight is 342 g/mol. The molecule has 0 aliphatic heterocycles. The van der Waals surface area contributed by atoms with E-state index in [9.17, 15) is 4.79 Å². The Labute approximate surface area is 147 Å². The second-order valence-corrected chi connectivity index (χ2v) is 5.27. The van der Waals surface area contributed by atoms with Crippen molar-refractivity contribution in [1.82, 2.24) is 0 Å². The predicted octanol–water partition coefficient (Wildman–Crippen LogP) is 3.65. The molecule has 0 saturated carbocycles. The molecule has 0 fully saturated rings. The number of rotatable bonds is 8. The molecule has 5 nitrogen and oxygen atoms in total. The van der Waals surface area contributed by atoms with Gasteiger partial charge in [0.25, 0.3) is 0 Å². The van der Waals surface area contributed by atoms with Gasteiger partial charge in [0.1, 0.15) is 30.5 Å². The molecule has 0 spiro atoms. The third-order valence-electron chi connectivity index (χ3n) is 3.45. The summed E-state index contributed by atoms with van der Waals surface area (Å²) in [5, 5.41) is 0. The third-order valence-corrected chi connectivity index (χ3v) is 3.45. The molecular weight excluding hydrogens is 320 g/mol. The third kappa shape index (κ3) is 5.88. The van der Waals surface area contributed by atoms with Gasteiger partial charge < -0.3 is 18.9 Å². The quantitative estimate of drug-likeness (QED) is 0.416. The Bertz CT molecular complexity index is 719. The van der Waals surface area contributed by atoms with Crippen LogP contribution >= 0.6 is 0 Å². The summed E-state index contributed by atoms with van der Waals surface area (Å²) >= 11 is 0. The number of aryl methyl sites for hydroxylation is 1. The van der Waals surface area contributed by atoms with Crippen LogP contribution in [0.4, 0.5) is 0 Å². The first kappa shape index (κ1) is 18.4. The lowest BCUT2D eigenvalue weighted by Gasteiger charge is -2.08. The lowest BCUT2D eigenvalue weighted by Crippen LogP contribution is -2.10. The molecule has 0 N–H and O–H groups in total. The van der Waals surface area contributed by atoms with Crippen LogP contribution in [0.5, 0.6) is 17.2 Å². The van der Waals surface area contributed by atoms with Crippen LogP contribution in [-0.2, 0) is 9.53 Å². The van der Waals surface area contributed by atoms with Crippen molar-refractivity contribution in [3.63, 3.8) is 0 Å². The van der Waals surface area contributed by atoms with E-state index in [1.807, 2.05) is 31.2 Å². The molecule has 2 rings (SSSR count). The molecule has 0 radical (unpaired) electrons. The molecule has 0 saturated heterocycles. The maximum Gasteiger partial charge on any atom is 0.330 e. The Hall–Kier alpha value is -2.95. The van der Waals surface area contributed by atoms with Crippen molar-refractivity contribution in [2.24, 2.45) is 0 Å². The summed E-state index contributed by atoms with van der Waals surface area (Å²) in [6.45, 7) is 2.48. The lowest BCUT2D eigenvalue weighted by atomic mass is 10.1. The van der Waals surface area contributed by atoms with Gasteiger partial charge in [0.05, 0.1) is 14.2 Å². The number of carbonyl (C=O) groups excluding carboxylic acids is 1. The Morgan fingerprint density at radius 2 is 1.68 bits per heavy atom. The molecule has 2 aromatic rings. The first-order valence-corrected chi connectivity index (χ1v) is 7.88. The minimum absolute atomic E-state index is 0.173. The summed E-state index contributed by atoms with van der Waals surface area (Å²) in [4.78, 5) is 11.8. The fraction of sp³-hybridized carbons (Fsp3) is 0.250. The van der Waals surface area contributed by atoms with E-state index in [1.165, 1.54) is 6.08 Å². The molecule has 2 aromatic carbocycles. The molecule has 0 unspecified atom stereocenters. The zero-order valence-corrected chi connectivity index (χ0v) is 14.7. The van der Waals surface area contributed by atoms with Gasteiger partial charge in [0.15, 0.2) is 0 Å². The van der Waals surface area contributed by atoms with Crippen LogP contribution in [0.2, 0.25) is 0 Å². The minimum atomic E-state index is -0.447. The smallest absolute Gasteiger partial charge is 0.330 e. The van der Waals surface area contributed by atoms with Crippen molar-refractivity contribution in [2.45, 2.75) is 6.92 Å². The SMILES string of the molecule is COc1ccc(OC)c(/C=C/C(=O)OCCOc2ccc(C)cc2)c1. The van der Waals surface area contributed by atoms with Gasteiger partial charge >= 0.3 is 5.97 Å². The summed E-state index contributed by atoms with van der Waals surface area (Å²) in [5.74, 6) is 1.63. The highest BCUT2D eigenvalue weighted by Gasteiger charge is 2.04. The van der Waals surface area contributed by atoms with E-state index in [2.05, 4.69) is 0 Å². The number of esters is 1. The van der Waals surface area contributed by atoms with Crippen LogP contribution in [-0.4, -0.2) is 33.4 Å². The maximum absolute atomic E-state index is 11.8. The molecule has 0 heterocycles. The number of carbonyl (C=O) groups is 1. The maximum atomic E-state index is 11.8. The van der Waals surface area contributed by atoms with Gasteiger partial charge in [-0.05, 0) is 43.3 Å². The van der Waals surface area contributed by atoms with E-state index in [1.54, 1.807) is 38.5 Å². The molecule has 0 atom stereocenters. The van der Waals surface area contributed by atoms with Crippen LogP contribution in [0, 0.1) is 6.92 Å². The molecule has 5 heteroatoms. The normalized spacial score (nSPS) is 10.5. The van der Waals surface area contributed by atoms with Crippen molar-refractivity contribution in [1.29, 1.82) is 0 Å². The standard InChI is InChI=1S/C20H22O5/c1-15-4-7-17(8-5-15)24-12-13-25-20(21)11-6-16-14-18(22-2)9-10-19(16)23-3/h4-11,14H,12-13H2,1-3H3/b11-6+. The van der Waals surface area contributed by atoms with E-state index in [4.69, 9.17) is 18.9 Å². The molecule has 0 bridgehead atoms. The van der Waals surface area contributed by atoms with Gasteiger partial charge in [-0.15, -0.1) is 0 Å². The summed E-state index contributed by atoms with van der Waals surface area (Å²) in [7, 11) is 3.15. The minimum Gasteiger partial charge on any atom is -0.497 e. The highest BCUT2D eigenvalue weighted by atomic mass is 16.6. The van der Waals surface area contributed by atoms with E-state index in [0.717, 1.165) is 16.9 Å². The summed E-state index contributed by atoms with van der Waals surface area (Å²) in [6.07, 6.45) is 2.98. The Balaban J connectivity index is 1.81. The van der Waals surface area contributed by atoms with Gasteiger partial charge in [0.2, 0.25) is 0 Å². The van der Waals surface area contributed by atoms with Gasteiger partial charge in [-0.3, -0.25) is 0 Å². The van der Waals surface area contributed by atoms with Crippen molar-refractivity contribution >= 4 is 12.0 Å². The summed E-state index contributed by atoms with van der Waals surface area (Å²) < 4.78 is 21.0. The molecule has 0 amide bonds. The van der Waals surface area contributed by atoms with Crippen LogP contribution in [0.3, 0.4) is 0 Å². The molecule has 0 aliphatic carbocycles. The molecule has 0 aliphatic rings. The van der Waals surface area contributed by atoms with Crippen LogP contribution in [0.1, 0.15) is 11.1 Å². The van der Waals surface area contributed by atoms with Crippen LogP contribution in [0.25, 0.3) is 6.08 Å². The molecule has 25 heavy (non-hydrogen) atoms. The van der Waals surface area contributed by atoms with Gasteiger partial charge in [-0.25, -0.2) is 4.79 Å². The molecule has 0 aromatic heterocycles. The lowest BCUT2D eigenvalue weighted by molar-refractivity contribution is -0.138. The summed E-state index contributed by atoms with van der Waals surface area (Å²) in [5.41, 5.74) is 1.89. The summed E-state index contributed by atoms with van der Waals surface area (Å²) in [6, 6.07) is 13.0. The second kappa shape index (κ2) is 9.37. The van der Waals surface area contributed by atoms with Gasteiger partial charge in [-0.2, -0.15) is 0 Å². The van der Waals surface area contributed by atoms with Crippen molar-refractivity contribution in [3.8, 4) is 17.2 Å². The van der Waals surface area contributed by atoms with E-state index >= 15 is 0 Å². The number of methoxy groups -OCH3 is 2. The van der Waals surface area contributed by atoms with Crippen LogP contribution < -0.4 is 14.2 Å². The van der Waals surface area contributed by atoms with Crippen molar-refractivity contribution in [3.05, 3.63) is 59.7 Å². The van der Waals surface area contributed by atoms with Crippen molar-refractivity contribution in [2.75, 3.05) is 27.4 Å². The van der Waals surface area contributed by atoms with E-state index < -0.39 is 5.97 Å². The van der Waals surface area contributed by atoms with Crippen molar-refractivity contribution < 1.29 is 23.7 Å². The van der Waals surface area contributed by atoms with E-state index in [0.29, 0.717) is 18.1 Å². The van der Waals surface area contributed by atoms with Gasteiger partial charge in [0, 0.05) is 11.6 Å². The monoisotopic (exact) mass is 342 g/mol. The average Bonchev–Trinajstić information content (AvgIpc) is 2.64. The molecule has 132 valence electrons. The number of ether oxygens (including phenoxy) is 4. The number of hydrogen-bond donors (Lipinski definition) is 0. The van der Waals surface area contributed by atoms with E-state index in [-0.39, 0.29) is 6.61 Å². The molecular formula is C20H22O5. The van der Waals surface area contributed by atoms with Crippen LogP contribution in [0.15, 0.2) is 48.5 Å². The number of hydrogen-bond acceptors (Lipinski definition) is 5. The first-order chi connectivity index (χ1) is 12.1. The number of benzene rings is 2. The first-order valence-electron chi connectivity index (χ1n) is 7.88. The zero-order valence-electron chi connectivity index (χ0n) is 14.7. The Morgan fingerprint density at radius 1 is 0.960 bits per heavy atom. The largest absolute Gasteiger partial charge is 0.497 e. The second-order valence-electron chi connectivity index (χ2n) is 5.27. The zero-order chi connectivity index (χ0) is 18.1.